The van der Waals surface area contributed by atoms with Crippen LogP contribution in [0.1, 0.15) is 11.1 Å². The molecule has 134 valence electrons. The summed E-state index contributed by atoms with van der Waals surface area (Å²) in [5, 5.41) is 7.37. The number of nitrogens with zero attached hydrogens (tertiary/aromatic N) is 1. The van der Waals surface area contributed by atoms with Crippen molar-refractivity contribution in [3.05, 3.63) is 58.6 Å². The molecule has 0 fully saturated rings. The minimum atomic E-state index is 0. The average Bonchev–Trinajstić information content (AvgIpc) is 3.07. The van der Waals surface area contributed by atoms with Gasteiger partial charge in [-0.15, -0.1) is 24.0 Å². The lowest BCUT2D eigenvalue weighted by Gasteiger charge is -2.12. The van der Waals surface area contributed by atoms with E-state index in [2.05, 4.69) is 15.6 Å². The van der Waals surface area contributed by atoms with Crippen LogP contribution in [0.3, 0.4) is 0 Å². The van der Waals surface area contributed by atoms with Crippen molar-refractivity contribution in [1.82, 2.24) is 10.6 Å². The van der Waals surface area contributed by atoms with Gasteiger partial charge in [0.2, 0.25) is 6.79 Å². The molecule has 25 heavy (non-hydrogen) atoms. The third-order valence-corrected chi connectivity index (χ3v) is 4.13. The highest BCUT2D eigenvalue weighted by Crippen LogP contribution is 2.32. The van der Waals surface area contributed by atoms with Crippen molar-refractivity contribution in [2.24, 2.45) is 4.99 Å². The second-order valence-corrected chi connectivity index (χ2v) is 5.79. The molecule has 3 rings (SSSR count). The minimum Gasteiger partial charge on any atom is -0.454 e. The lowest BCUT2D eigenvalue weighted by atomic mass is 10.1. The lowest BCUT2D eigenvalue weighted by molar-refractivity contribution is 0.174. The number of halogens is 2. The van der Waals surface area contributed by atoms with Gasteiger partial charge < -0.3 is 20.1 Å². The second-order valence-electron chi connectivity index (χ2n) is 5.38. The van der Waals surface area contributed by atoms with E-state index in [-0.39, 0.29) is 30.8 Å². The Labute approximate surface area is 169 Å². The van der Waals surface area contributed by atoms with Crippen LogP contribution in [0.15, 0.2) is 47.5 Å². The van der Waals surface area contributed by atoms with Gasteiger partial charge in [0.1, 0.15) is 0 Å². The Bertz CT molecular complexity index is 740. The molecule has 0 unspecified atom stereocenters. The van der Waals surface area contributed by atoms with Gasteiger partial charge in [-0.3, -0.25) is 4.99 Å². The van der Waals surface area contributed by atoms with Gasteiger partial charge >= 0.3 is 0 Å². The van der Waals surface area contributed by atoms with Gasteiger partial charge in [0.15, 0.2) is 17.5 Å². The van der Waals surface area contributed by atoms with Crippen LogP contribution in [0.2, 0.25) is 5.02 Å². The summed E-state index contributed by atoms with van der Waals surface area (Å²) in [5.41, 5.74) is 2.23. The van der Waals surface area contributed by atoms with Gasteiger partial charge in [-0.2, -0.15) is 0 Å². The van der Waals surface area contributed by atoms with E-state index in [1.165, 1.54) is 0 Å². The molecule has 0 amide bonds. The Balaban J connectivity index is 0.00000225. The number of fused-ring (bicyclic) bond motifs is 1. The van der Waals surface area contributed by atoms with Crippen LogP contribution >= 0.6 is 35.6 Å². The Kier molecular flexibility index (Phi) is 7.64. The molecule has 1 aliphatic heterocycles. The molecule has 0 radical (unpaired) electrons. The molecule has 2 aromatic rings. The number of hydrogen-bond donors (Lipinski definition) is 2. The van der Waals surface area contributed by atoms with Crippen molar-refractivity contribution < 1.29 is 9.47 Å². The molecular weight excluding hydrogens is 453 g/mol. The molecule has 1 aliphatic rings. The number of nitrogens with one attached hydrogen (secondary N) is 2. The van der Waals surface area contributed by atoms with E-state index in [4.69, 9.17) is 21.1 Å². The van der Waals surface area contributed by atoms with Crippen molar-refractivity contribution in [1.29, 1.82) is 0 Å². The van der Waals surface area contributed by atoms with E-state index in [1.807, 2.05) is 42.5 Å². The van der Waals surface area contributed by atoms with Crippen LogP contribution in [0, 0.1) is 0 Å². The molecular formula is C18H21ClIN3O2. The molecule has 1 heterocycles. The number of rotatable bonds is 5. The summed E-state index contributed by atoms with van der Waals surface area (Å²) in [7, 11) is 1.75. The first-order valence-electron chi connectivity index (χ1n) is 7.82. The third kappa shape index (κ3) is 5.40. The van der Waals surface area contributed by atoms with Crippen LogP contribution in [0.5, 0.6) is 11.5 Å². The zero-order chi connectivity index (χ0) is 16.8. The molecule has 0 aliphatic carbocycles. The van der Waals surface area contributed by atoms with Crippen LogP contribution in [0.4, 0.5) is 0 Å². The number of hydrogen-bond acceptors (Lipinski definition) is 3. The zero-order valence-corrected chi connectivity index (χ0v) is 17.0. The zero-order valence-electron chi connectivity index (χ0n) is 13.9. The van der Waals surface area contributed by atoms with Gasteiger partial charge in [0.25, 0.3) is 0 Å². The van der Waals surface area contributed by atoms with Crippen molar-refractivity contribution in [3.8, 4) is 11.5 Å². The quantitative estimate of drug-likeness (QED) is 0.396. The molecule has 0 saturated heterocycles. The first kappa shape index (κ1) is 19.7. The molecule has 2 aromatic carbocycles. The Morgan fingerprint density at radius 2 is 1.92 bits per heavy atom. The molecule has 0 bridgehead atoms. The number of aliphatic imine (C=N–C) groups is 1. The summed E-state index contributed by atoms with van der Waals surface area (Å²) >= 11 is 6.17. The predicted octanol–water partition coefficient (Wildman–Crippen LogP) is 3.59. The van der Waals surface area contributed by atoms with E-state index in [1.54, 1.807) is 7.05 Å². The third-order valence-electron chi connectivity index (χ3n) is 3.77. The summed E-state index contributed by atoms with van der Waals surface area (Å²) in [6.07, 6.45) is 0.838. The van der Waals surface area contributed by atoms with Gasteiger partial charge in [-0.05, 0) is 35.7 Å². The predicted molar refractivity (Wildman–Crippen MR) is 111 cm³/mol. The molecule has 0 spiro atoms. The maximum Gasteiger partial charge on any atom is 0.231 e. The summed E-state index contributed by atoms with van der Waals surface area (Å²) in [5.74, 6) is 2.33. The Morgan fingerprint density at radius 3 is 2.72 bits per heavy atom. The van der Waals surface area contributed by atoms with Crippen LogP contribution < -0.4 is 20.1 Å². The van der Waals surface area contributed by atoms with Crippen LogP contribution in [-0.2, 0) is 13.0 Å². The maximum absolute atomic E-state index is 6.17. The van der Waals surface area contributed by atoms with Crippen molar-refractivity contribution in [2.45, 2.75) is 13.0 Å². The molecule has 5 nitrogen and oxygen atoms in total. The van der Waals surface area contributed by atoms with Gasteiger partial charge in [-0.25, -0.2) is 0 Å². The largest absolute Gasteiger partial charge is 0.454 e. The monoisotopic (exact) mass is 473 g/mol. The highest BCUT2D eigenvalue weighted by atomic mass is 127. The van der Waals surface area contributed by atoms with Crippen molar-refractivity contribution in [2.75, 3.05) is 20.4 Å². The topological polar surface area (TPSA) is 54.9 Å². The van der Waals surface area contributed by atoms with Crippen molar-refractivity contribution in [3.63, 3.8) is 0 Å². The highest BCUT2D eigenvalue weighted by Gasteiger charge is 2.13. The standard InChI is InChI=1S/C18H20ClN3O2.HI/c1-20-18(21-9-8-14-4-2-3-5-15(14)19)22-11-13-6-7-16-17(10-13)24-12-23-16;/h2-7,10H,8-9,11-12H2,1H3,(H2,20,21,22);1H. The first-order valence-corrected chi connectivity index (χ1v) is 8.20. The van der Waals surface area contributed by atoms with E-state index in [0.29, 0.717) is 6.54 Å². The highest BCUT2D eigenvalue weighted by molar-refractivity contribution is 14.0. The van der Waals surface area contributed by atoms with Gasteiger partial charge in [-0.1, -0.05) is 35.9 Å². The normalized spacial score (nSPS) is 12.5. The van der Waals surface area contributed by atoms with Crippen LogP contribution in [0.25, 0.3) is 0 Å². The summed E-state index contributed by atoms with van der Waals surface area (Å²) < 4.78 is 10.7. The number of benzene rings is 2. The molecule has 0 saturated carbocycles. The summed E-state index contributed by atoms with van der Waals surface area (Å²) in [6, 6.07) is 13.8. The van der Waals surface area contributed by atoms with Crippen LogP contribution in [-0.4, -0.2) is 26.3 Å². The van der Waals surface area contributed by atoms with Gasteiger partial charge in [0.05, 0.1) is 0 Å². The van der Waals surface area contributed by atoms with Crippen molar-refractivity contribution >= 4 is 41.5 Å². The molecule has 7 heteroatoms. The van der Waals surface area contributed by atoms with E-state index in [0.717, 1.165) is 46.6 Å². The first-order chi connectivity index (χ1) is 11.8. The lowest BCUT2D eigenvalue weighted by Crippen LogP contribution is -2.37. The summed E-state index contributed by atoms with van der Waals surface area (Å²) in [4.78, 5) is 4.23. The molecule has 2 N–H and O–H groups in total. The SMILES string of the molecule is CN=C(NCCc1ccccc1Cl)NCc1ccc2c(c1)OCO2.I. The second kappa shape index (κ2) is 9.72. The fourth-order valence-corrected chi connectivity index (χ4v) is 2.70. The van der Waals surface area contributed by atoms with Gasteiger partial charge in [0, 0.05) is 25.2 Å². The Hall–Kier alpha value is -1.67. The Morgan fingerprint density at radius 1 is 1.12 bits per heavy atom. The van der Waals surface area contributed by atoms with E-state index >= 15 is 0 Å². The van der Waals surface area contributed by atoms with E-state index in [9.17, 15) is 0 Å². The smallest absolute Gasteiger partial charge is 0.231 e. The number of guanidine groups is 1. The molecule has 0 aromatic heterocycles. The minimum absolute atomic E-state index is 0. The fourth-order valence-electron chi connectivity index (χ4n) is 2.47. The number of ether oxygens (including phenoxy) is 2. The average molecular weight is 474 g/mol. The fraction of sp³-hybridized carbons (Fsp3) is 0.278. The van der Waals surface area contributed by atoms with E-state index < -0.39 is 0 Å². The summed E-state index contributed by atoms with van der Waals surface area (Å²) in [6.45, 7) is 1.70. The molecule has 0 atom stereocenters. The maximum atomic E-state index is 6.17.